The van der Waals surface area contributed by atoms with Gasteiger partial charge < -0.3 is 0 Å². The molecule has 5 heteroatoms. The molecule has 0 spiro atoms. The van der Waals surface area contributed by atoms with Crippen LogP contribution < -0.4 is 0 Å². The van der Waals surface area contributed by atoms with Crippen molar-refractivity contribution in [2.45, 2.75) is 18.6 Å². The van der Waals surface area contributed by atoms with Gasteiger partial charge in [-0.25, -0.2) is 14.1 Å². The van der Waals surface area contributed by atoms with Gasteiger partial charge in [-0.2, -0.15) is 0 Å². The molecule has 100 valence electrons. The van der Waals surface area contributed by atoms with Crippen LogP contribution in [0, 0.1) is 0 Å². The van der Waals surface area contributed by atoms with E-state index in [0.29, 0.717) is 18.1 Å². The minimum Gasteiger partial charge on any atom is -0.239 e. The number of hydrogen-bond donors (Lipinski definition) is 0. The van der Waals surface area contributed by atoms with Crippen molar-refractivity contribution in [3.63, 3.8) is 0 Å². The molecule has 0 radical (unpaired) electrons. The second-order valence-electron chi connectivity index (χ2n) is 4.85. The monoisotopic (exact) mass is 285 g/mol. The van der Waals surface area contributed by atoms with Gasteiger partial charge in [0.1, 0.15) is 0 Å². The fraction of sp³-hybridized carbons (Fsp3) is 0.200. The van der Waals surface area contributed by atoms with Crippen LogP contribution in [0.15, 0.2) is 47.8 Å². The fourth-order valence-electron chi connectivity index (χ4n) is 2.64. The molecule has 3 aromatic rings. The first kappa shape index (κ1) is 11.8. The van der Waals surface area contributed by atoms with Crippen LogP contribution in [-0.4, -0.2) is 14.8 Å². The summed E-state index contributed by atoms with van der Waals surface area (Å²) >= 11 is 1.57. The van der Waals surface area contributed by atoms with E-state index in [-0.39, 0.29) is 6.04 Å². The molecular weight excluding hydrogens is 273 g/mol. The Labute approximate surface area is 119 Å². The predicted molar refractivity (Wildman–Crippen MR) is 76.4 cm³/mol. The van der Waals surface area contributed by atoms with Crippen molar-refractivity contribution in [2.24, 2.45) is 0 Å². The summed E-state index contributed by atoms with van der Waals surface area (Å²) in [6, 6.07) is 13.8. The van der Waals surface area contributed by atoms with E-state index in [4.69, 9.17) is 0 Å². The number of hydrogen-bond acceptors (Lipinski definition) is 3. The SMILES string of the molecule is F[C@H]1C[C@@H](c2ccccc2)n2nc(-c3cccs3)nc21. The Kier molecular flexibility index (Phi) is 2.67. The van der Waals surface area contributed by atoms with E-state index in [0.717, 1.165) is 10.4 Å². The summed E-state index contributed by atoms with van der Waals surface area (Å²) in [5, 5.41) is 6.49. The minimum atomic E-state index is -1.04. The average Bonchev–Trinajstić information content (AvgIpc) is 3.17. The van der Waals surface area contributed by atoms with E-state index < -0.39 is 6.17 Å². The highest BCUT2D eigenvalue weighted by molar-refractivity contribution is 7.13. The highest BCUT2D eigenvalue weighted by Gasteiger charge is 2.35. The third-order valence-corrected chi connectivity index (χ3v) is 4.45. The first-order chi connectivity index (χ1) is 9.83. The molecule has 1 aliphatic heterocycles. The van der Waals surface area contributed by atoms with Crippen LogP contribution in [-0.2, 0) is 0 Å². The summed E-state index contributed by atoms with van der Waals surface area (Å²) in [5.74, 6) is 1.07. The number of benzene rings is 1. The lowest BCUT2D eigenvalue weighted by Gasteiger charge is -2.11. The minimum absolute atomic E-state index is 0.0533. The van der Waals surface area contributed by atoms with Crippen molar-refractivity contribution < 1.29 is 4.39 Å². The summed E-state index contributed by atoms with van der Waals surface area (Å²) in [7, 11) is 0. The standard InChI is InChI=1S/C15H12FN3S/c16-11-9-12(10-5-2-1-3-6-10)19-15(11)17-14(18-19)13-7-4-8-20-13/h1-8,11-12H,9H2/t11-,12-/m0/s1. The van der Waals surface area contributed by atoms with Crippen molar-refractivity contribution in [3.8, 4) is 10.7 Å². The molecule has 4 rings (SSSR count). The highest BCUT2D eigenvalue weighted by Crippen LogP contribution is 2.40. The maximum absolute atomic E-state index is 14.2. The van der Waals surface area contributed by atoms with Gasteiger partial charge in [-0.3, -0.25) is 0 Å². The Morgan fingerprint density at radius 1 is 1.15 bits per heavy atom. The molecule has 0 amide bonds. The lowest BCUT2D eigenvalue weighted by molar-refractivity contribution is 0.329. The van der Waals surface area contributed by atoms with Gasteiger partial charge in [0.05, 0.1) is 10.9 Å². The lowest BCUT2D eigenvalue weighted by Crippen LogP contribution is -2.07. The Balaban J connectivity index is 1.79. The molecule has 0 unspecified atom stereocenters. The van der Waals surface area contributed by atoms with Crippen molar-refractivity contribution in [2.75, 3.05) is 0 Å². The van der Waals surface area contributed by atoms with Crippen LogP contribution in [0.2, 0.25) is 0 Å². The van der Waals surface area contributed by atoms with Crippen LogP contribution in [0.3, 0.4) is 0 Å². The quantitative estimate of drug-likeness (QED) is 0.712. The molecule has 0 saturated carbocycles. The zero-order valence-corrected chi connectivity index (χ0v) is 11.4. The Morgan fingerprint density at radius 2 is 2.00 bits per heavy atom. The van der Waals surface area contributed by atoms with Crippen molar-refractivity contribution in [1.82, 2.24) is 14.8 Å². The maximum atomic E-state index is 14.2. The van der Waals surface area contributed by atoms with Crippen LogP contribution in [0.25, 0.3) is 10.7 Å². The number of thiophene rings is 1. The summed E-state index contributed by atoms with van der Waals surface area (Å²) < 4.78 is 15.9. The largest absolute Gasteiger partial charge is 0.239 e. The zero-order valence-electron chi connectivity index (χ0n) is 10.6. The predicted octanol–water partition coefficient (Wildman–Crippen LogP) is 4.01. The molecule has 2 aromatic heterocycles. The van der Waals surface area contributed by atoms with Crippen molar-refractivity contribution >= 4 is 11.3 Å². The Morgan fingerprint density at radius 3 is 2.75 bits per heavy atom. The van der Waals surface area contributed by atoms with Gasteiger partial charge in [-0.05, 0) is 17.0 Å². The molecular formula is C15H12FN3S. The van der Waals surface area contributed by atoms with E-state index in [1.165, 1.54) is 0 Å². The van der Waals surface area contributed by atoms with Crippen LogP contribution >= 0.6 is 11.3 Å². The third kappa shape index (κ3) is 1.78. The van der Waals surface area contributed by atoms with Gasteiger partial charge in [-0.1, -0.05) is 36.4 Å². The number of alkyl halides is 1. The van der Waals surface area contributed by atoms with E-state index in [2.05, 4.69) is 10.1 Å². The summed E-state index contributed by atoms with van der Waals surface area (Å²) in [5.41, 5.74) is 1.08. The molecule has 0 aliphatic carbocycles. The lowest BCUT2D eigenvalue weighted by atomic mass is 10.0. The number of nitrogens with zero attached hydrogens (tertiary/aromatic N) is 3. The van der Waals surface area contributed by atoms with E-state index in [1.807, 2.05) is 47.8 Å². The van der Waals surface area contributed by atoms with Gasteiger partial charge >= 0.3 is 0 Å². The third-order valence-electron chi connectivity index (χ3n) is 3.59. The van der Waals surface area contributed by atoms with Crippen molar-refractivity contribution in [1.29, 1.82) is 0 Å². The van der Waals surface area contributed by atoms with Gasteiger partial charge in [0, 0.05) is 6.42 Å². The van der Waals surface area contributed by atoms with Crippen LogP contribution in [0.5, 0.6) is 0 Å². The fourth-order valence-corrected chi connectivity index (χ4v) is 3.29. The van der Waals surface area contributed by atoms with Gasteiger partial charge in [0.2, 0.25) is 0 Å². The van der Waals surface area contributed by atoms with Crippen molar-refractivity contribution in [3.05, 3.63) is 59.2 Å². The molecule has 0 fully saturated rings. The summed E-state index contributed by atoms with van der Waals surface area (Å²) in [6.07, 6.45) is -0.620. The average molecular weight is 285 g/mol. The second kappa shape index (κ2) is 4.52. The molecule has 3 heterocycles. The highest BCUT2D eigenvalue weighted by atomic mass is 32.1. The van der Waals surface area contributed by atoms with E-state index in [1.54, 1.807) is 16.0 Å². The summed E-state index contributed by atoms with van der Waals surface area (Å²) in [6.45, 7) is 0. The van der Waals surface area contributed by atoms with Crippen LogP contribution in [0.1, 0.15) is 30.0 Å². The first-order valence-corrected chi connectivity index (χ1v) is 7.40. The molecule has 1 aliphatic rings. The number of aromatic nitrogens is 3. The molecule has 3 nitrogen and oxygen atoms in total. The van der Waals surface area contributed by atoms with E-state index in [9.17, 15) is 4.39 Å². The second-order valence-corrected chi connectivity index (χ2v) is 5.79. The van der Waals surface area contributed by atoms with Gasteiger partial charge in [0.15, 0.2) is 17.8 Å². The molecule has 20 heavy (non-hydrogen) atoms. The zero-order chi connectivity index (χ0) is 13.5. The summed E-state index contributed by atoms with van der Waals surface area (Å²) in [4.78, 5) is 5.35. The molecule has 0 N–H and O–H groups in total. The van der Waals surface area contributed by atoms with Gasteiger partial charge in [0.25, 0.3) is 0 Å². The molecule has 2 atom stereocenters. The Bertz CT molecular complexity index is 721. The van der Waals surface area contributed by atoms with Crippen LogP contribution in [0.4, 0.5) is 4.39 Å². The molecule has 1 aromatic carbocycles. The smallest absolute Gasteiger partial charge is 0.191 e. The first-order valence-electron chi connectivity index (χ1n) is 6.52. The van der Waals surface area contributed by atoms with E-state index >= 15 is 0 Å². The topological polar surface area (TPSA) is 30.7 Å². The molecule has 0 bridgehead atoms. The molecule has 0 saturated heterocycles. The number of halogens is 1. The normalized spacial score (nSPS) is 21.1. The maximum Gasteiger partial charge on any atom is 0.191 e. The Hall–Kier alpha value is -2.01. The number of fused-ring (bicyclic) bond motifs is 1. The van der Waals surface area contributed by atoms with Gasteiger partial charge in [-0.15, -0.1) is 16.4 Å². The number of rotatable bonds is 2.